The second-order valence-electron chi connectivity index (χ2n) is 6.63. The number of benzene rings is 1. The molecule has 0 aliphatic carbocycles. The summed E-state index contributed by atoms with van der Waals surface area (Å²) in [4.78, 5) is 24.1. The van der Waals surface area contributed by atoms with Crippen molar-refractivity contribution < 1.29 is 4.74 Å². The maximum Gasteiger partial charge on any atom is 0.292 e. The monoisotopic (exact) mass is 482 g/mol. The Morgan fingerprint density at radius 2 is 2.07 bits per heavy atom. The van der Waals surface area contributed by atoms with Crippen LogP contribution in [0.5, 0.6) is 0 Å². The predicted molar refractivity (Wildman–Crippen MR) is 117 cm³/mol. The Hall–Kier alpha value is -1.48. The van der Waals surface area contributed by atoms with E-state index in [0.717, 1.165) is 45.5 Å². The average Bonchev–Trinajstić information content (AvgIpc) is 3.15. The van der Waals surface area contributed by atoms with Gasteiger partial charge in [0.15, 0.2) is 10.8 Å². The number of alkyl halides is 1. The van der Waals surface area contributed by atoms with Crippen LogP contribution in [0.1, 0.15) is 17.0 Å². The minimum Gasteiger partial charge on any atom is -0.378 e. The van der Waals surface area contributed by atoms with E-state index in [-0.39, 0.29) is 5.56 Å². The maximum atomic E-state index is 12.7. The minimum atomic E-state index is -0.206. The molecule has 3 aromatic rings. The number of anilines is 1. The van der Waals surface area contributed by atoms with Crippen LogP contribution in [-0.2, 0) is 17.7 Å². The normalized spacial score (nSPS) is 14.8. The van der Waals surface area contributed by atoms with Gasteiger partial charge in [0, 0.05) is 29.9 Å². The molecular weight excluding hydrogens is 464 g/mol. The number of hydrogen-bond acceptors (Lipinski definition) is 6. The molecule has 0 atom stereocenters. The molecule has 1 aromatic carbocycles. The zero-order valence-corrected chi connectivity index (χ0v) is 18.6. The number of nitrogens with zero attached hydrogens (tertiary/aromatic N) is 4. The second-order valence-corrected chi connectivity index (χ2v) is 8.81. The van der Waals surface area contributed by atoms with E-state index in [0.29, 0.717) is 36.5 Å². The van der Waals surface area contributed by atoms with E-state index in [4.69, 9.17) is 21.3 Å². The van der Waals surface area contributed by atoms with Crippen molar-refractivity contribution in [3.63, 3.8) is 0 Å². The van der Waals surface area contributed by atoms with E-state index in [1.54, 1.807) is 0 Å². The van der Waals surface area contributed by atoms with Gasteiger partial charge < -0.3 is 14.2 Å². The molecule has 2 aromatic heterocycles. The van der Waals surface area contributed by atoms with E-state index >= 15 is 0 Å². The predicted octanol–water partition coefficient (Wildman–Crippen LogP) is 3.64. The van der Waals surface area contributed by atoms with Crippen molar-refractivity contribution >= 4 is 54.3 Å². The van der Waals surface area contributed by atoms with Gasteiger partial charge >= 0.3 is 0 Å². The summed E-state index contributed by atoms with van der Waals surface area (Å²) >= 11 is 11.2. The molecule has 0 bridgehead atoms. The lowest BCUT2D eigenvalue weighted by molar-refractivity contribution is 0.122. The summed E-state index contributed by atoms with van der Waals surface area (Å²) < 4.78 is 8.08. The van der Waals surface area contributed by atoms with Crippen molar-refractivity contribution in [2.45, 2.75) is 19.9 Å². The second kappa shape index (κ2) is 8.49. The molecule has 9 heteroatoms. The molecule has 0 spiro atoms. The lowest BCUT2D eigenvalue weighted by Crippen LogP contribution is -2.36. The van der Waals surface area contributed by atoms with Gasteiger partial charge in [-0.3, -0.25) is 4.79 Å². The number of fused-ring (bicyclic) bond motifs is 1. The van der Waals surface area contributed by atoms with E-state index in [2.05, 4.69) is 36.4 Å². The molecule has 1 fully saturated rings. The summed E-state index contributed by atoms with van der Waals surface area (Å²) in [7, 11) is 0. The van der Waals surface area contributed by atoms with Crippen LogP contribution in [0.15, 0.2) is 23.0 Å². The number of aryl methyl sites for hydroxylation is 1. The molecule has 6 nitrogen and oxygen atoms in total. The fourth-order valence-electron chi connectivity index (χ4n) is 3.30. The number of aromatic nitrogens is 3. The van der Waals surface area contributed by atoms with Crippen LogP contribution in [0.4, 0.5) is 5.13 Å². The van der Waals surface area contributed by atoms with Gasteiger partial charge in [0.1, 0.15) is 10.5 Å². The minimum absolute atomic E-state index is 0.206. The highest BCUT2D eigenvalue weighted by molar-refractivity contribution is 9.09. The fraction of sp³-hybridized carbons (Fsp3) is 0.421. The first kappa shape index (κ1) is 19.8. The summed E-state index contributed by atoms with van der Waals surface area (Å²) in [6.07, 6.45) is 0.648. The van der Waals surface area contributed by atoms with Gasteiger partial charge in [-0.1, -0.05) is 51.0 Å². The summed E-state index contributed by atoms with van der Waals surface area (Å²) in [6, 6.07) is 5.89. The van der Waals surface area contributed by atoms with Gasteiger partial charge in [0.25, 0.3) is 5.56 Å². The summed E-state index contributed by atoms with van der Waals surface area (Å²) in [5.41, 5.74) is 2.62. The number of ether oxygens (including phenoxy) is 1. The number of hydrogen-bond donors (Lipinski definition) is 0. The standard InChI is InChI=1S/C19H20BrClN4O2S/c1-12-13(3-2-4-14(12)21)11-25-15(5-6-20)22-18(26)16-17(25)23-19(28-16)24-7-9-27-10-8-24/h2-4H,5-11H2,1H3. The zero-order valence-electron chi connectivity index (χ0n) is 15.5. The van der Waals surface area contributed by atoms with Gasteiger partial charge in [0.05, 0.1) is 19.8 Å². The van der Waals surface area contributed by atoms with Crippen LogP contribution in [-0.4, -0.2) is 46.2 Å². The fourth-order valence-corrected chi connectivity index (χ4v) is 4.85. The summed E-state index contributed by atoms with van der Waals surface area (Å²) in [6.45, 7) is 5.50. The molecule has 0 amide bonds. The topological polar surface area (TPSA) is 60.2 Å². The molecule has 1 aliphatic heterocycles. The largest absolute Gasteiger partial charge is 0.378 e. The maximum absolute atomic E-state index is 12.7. The smallest absolute Gasteiger partial charge is 0.292 e. The Balaban J connectivity index is 1.85. The van der Waals surface area contributed by atoms with E-state index in [1.807, 2.05) is 19.1 Å². The third kappa shape index (κ3) is 3.83. The molecule has 1 saturated heterocycles. The Morgan fingerprint density at radius 1 is 1.29 bits per heavy atom. The zero-order chi connectivity index (χ0) is 19.7. The van der Waals surface area contributed by atoms with Crippen LogP contribution in [0.2, 0.25) is 5.02 Å². The first-order chi connectivity index (χ1) is 13.6. The van der Waals surface area contributed by atoms with Crippen LogP contribution < -0.4 is 10.5 Å². The highest BCUT2D eigenvalue weighted by atomic mass is 79.9. The third-order valence-corrected chi connectivity index (χ3v) is 6.80. The quantitative estimate of drug-likeness (QED) is 0.519. The third-order valence-electron chi connectivity index (χ3n) is 4.90. The molecule has 0 radical (unpaired) electrons. The summed E-state index contributed by atoms with van der Waals surface area (Å²) in [5, 5.41) is 2.31. The van der Waals surface area contributed by atoms with Crippen molar-refractivity contribution in [2.24, 2.45) is 0 Å². The lowest BCUT2D eigenvalue weighted by Gasteiger charge is -2.25. The molecule has 0 saturated carbocycles. The molecular formula is C19H20BrClN4O2S. The number of thiazole rings is 1. The molecule has 1 aliphatic rings. The average molecular weight is 484 g/mol. The summed E-state index contributed by atoms with van der Waals surface area (Å²) in [5.74, 6) is 0.729. The van der Waals surface area contributed by atoms with Crippen molar-refractivity contribution in [1.82, 2.24) is 14.5 Å². The van der Waals surface area contributed by atoms with Gasteiger partial charge in [-0.25, -0.2) is 4.98 Å². The number of rotatable bonds is 5. The number of morpholine rings is 1. The first-order valence-electron chi connectivity index (χ1n) is 9.11. The molecule has 148 valence electrons. The van der Waals surface area contributed by atoms with Gasteiger partial charge in [-0.2, -0.15) is 4.98 Å². The number of halogens is 2. The lowest BCUT2D eigenvalue weighted by atomic mass is 10.1. The van der Waals surface area contributed by atoms with Crippen molar-refractivity contribution in [2.75, 3.05) is 36.5 Å². The molecule has 0 N–H and O–H groups in total. The Morgan fingerprint density at radius 3 is 2.82 bits per heavy atom. The van der Waals surface area contributed by atoms with Crippen LogP contribution in [0.25, 0.3) is 10.3 Å². The van der Waals surface area contributed by atoms with Crippen molar-refractivity contribution in [3.05, 3.63) is 50.5 Å². The molecule has 28 heavy (non-hydrogen) atoms. The van der Waals surface area contributed by atoms with Gasteiger partial charge in [0.2, 0.25) is 0 Å². The molecule has 4 rings (SSSR count). The highest BCUT2D eigenvalue weighted by Crippen LogP contribution is 2.29. The van der Waals surface area contributed by atoms with E-state index < -0.39 is 0 Å². The SMILES string of the molecule is Cc1c(Cl)cccc1Cn1c(CCBr)nc(=O)c2sc(N3CCOCC3)nc21. The Kier molecular flexibility index (Phi) is 6.01. The van der Waals surface area contributed by atoms with E-state index in [1.165, 1.54) is 11.3 Å². The Bertz CT molecular complexity index is 1060. The van der Waals surface area contributed by atoms with Crippen LogP contribution in [0.3, 0.4) is 0 Å². The van der Waals surface area contributed by atoms with E-state index in [9.17, 15) is 4.79 Å². The molecule has 3 heterocycles. The van der Waals surface area contributed by atoms with Gasteiger partial charge in [-0.15, -0.1) is 0 Å². The van der Waals surface area contributed by atoms with Gasteiger partial charge in [-0.05, 0) is 24.1 Å². The first-order valence-corrected chi connectivity index (χ1v) is 11.4. The highest BCUT2D eigenvalue weighted by Gasteiger charge is 2.21. The molecule has 0 unspecified atom stereocenters. The van der Waals surface area contributed by atoms with Crippen LogP contribution in [0, 0.1) is 6.92 Å². The van der Waals surface area contributed by atoms with Crippen molar-refractivity contribution in [1.29, 1.82) is 0 Å². The van der Waals surface area contributed by atoms with Crippen LogP contribution >= 0.6 is 38.9 Å². The Labute approximate surface area is 180 Å². The van der Waals surface area contributed by atoms with Crippen molar-refractivity contribution in [3.8, 4) is 0 Å².